The molecule has 1 aliphatic rings. The molecule has 25 heavy (non-hydrogen) atoms. The first kappa shape index (κ1) is 16.8. The zero-order valence-electron chi connectivity index (χ0n) is 13.7. The van der Waals surface area contributed by atoms with Gasteiger partial charge in [0.15, 0.2) is 5.66 Å². The van der Waals surface area contributed by atoms with Crippen LogP contribution in [0.2, 0.25) is 0 Å². The van der Waals surface area contributed by atoms with Gasteiger partial charge in [-0.1, -0.05) is 0 Å². The summed E-state index contributed by atoms with van der Waals surface area (Å²) in [6.45, 7) is 0.515. The van der Waals surface area contributed by atoms with Crippen molar-refractivity contribution in [2.24, 2.45) is 10.2 Å². The molecule has 3 rings (SSSR count). The Hall–Kier alpha value is -3.08. The summed E-state index contributed by atoms with van der Waals surface area (Å²) in [5, 5.41) is 18.8. The van der Waals surface area contributed by atoms with Crippen molar-refractivity contribution in [1.82, 2.24) is 20.5 Å². The van der Waals surface area contributed by atoms with Crippen LogP contribution in [0.15, 0.2) is 39.2 Å². The summed E-state index contributed by atoms with van der Waals surface area (Å²) in [5.74, 6) is 3.33. The minimum atomic E-state index is -0.370. The number of hydrogen-bond donors (Lipinski definition) is 1. The number of nitrogens with one attached hydrogen (secondary N) is 1. The van der Waals surface area contributed by atoms with Gasteiger partial charge in [-0.15, -0.1) is 22.5 Å². The number of carbonyl (C=O) groups is 1. The van der Waals surface area contributed by atoms with Crippen LogP contribution < -0.4 is 5.32 Å². The van der Waals surface area contributed by atoms with Crippen LogP contribution in [0.3, 0.4) is 0 Å². The fourth-order valence-electron chi connectivity index (χ4n) is 2.34. The summed E-state index contributed by atoms with van der Waals surface area (Å²) in [5.41, 5.74) is 0.380. The van der Waals surface area contributed by atoms with Crippen LogP contribution in [0, 0.1) is 12.3 Å². The number of pyridine rings is 1. The highest BCUT2D eigenvalue weighted by Gasteiger charge is 2.38. The van der Waals surface area contributed by atoms with Gasteiger partial charge in [0.05, 0.1) is 5.56 Å². The van der Waals surface area contributed by atoms with E-state index in [9.17, 15) is 4.79 Å². The van der Waals surface area contributed by atoms with Gasteiger partial charge in [0, 0.05) is 51.0 Å². The molecule has 0 bridgehead atoms. The van der Waals surface area contributed by atoms with Gasteiger partial charge >= 0.3 is 0 Å². The van der Waals surface area contributed by atoms with Crippen molar-refractivity contribution < 1.29 is 9.21 Å². The minimum absolute atomic E-state index is 0.0751. The van der Waals surface area contributed by atoms with E-state index >= 15 is 0 Å². The van der Waals surface area contributed by atoms with E-state index in [4.69, 9.17) is 10.8 Å². The van der Waals surface area contributed by atoms with Gasteiger partial charge in [0.1, 0.15) is 0 Å². The van der Waals surface area contributed by atoms with Crippen molar-refractivity contribution in [3.8, 4) is 23.8 Å². The molecule has 0 saturated carbocycles. The van der Waals surface area contributed by atoms with Crippen LogP contribution in [0.1, 0.15) is 31.6 Å². The van der Waals surface area contributed by atoms with E-state index in [0.717, 1.165) is 12.0 Å². The lowest BCUT2D eigenvalue weighted by Gasteiger charge is -2.09. The van der Waals surface area contributed by atoms with E-state index in [1.54, 1.807) is 18.5 Å². The second-order valence-corrected chi connectivity index (χ2v) is 5.73. The third-order valence-electron chi connectivity index (χ3n) is 3.84. The molecule has 0 saturated heterocycles. The van der Waals surface area contributed by atoms with E-state index in [-0.39, 0.29) is 18.0 Å². The first-order chi connectivity index (χ1) is 12.2. The van der Waals surface area contributed by atoms with E-state index < -0.39 is 0 Å². The van der Waals surface area contributed by atoms with Crippen LogP contribution in [-0.2, 0) is 11.2 Å². The van der Waals surface area contributed by atoms with Crippen LogP contribution in [0.4, 0.5) is 0 Å². The molecule has 0 aliphatic carbocycles. The topological polar surface area (TPSA) is 106 Å². The predicted octanol–water partition coefficient (Wildman–Crippen LogP) is 2.15. The monoisotopic (exact) mass is 338 g/mol. The van der Waals surface area contributed by atoms with Gasteiger partial charge in [0.2, 0.25) is 17.7 Å². The van der Waals surface area contributed by atoms with Gasteiger partial charge in [-0.25, -0.2) is 0 Å². The standard InChI is InChI=1S/C17H18N6O2/c1-2-3-8-17(22-23-17)9-11-19-14(24)6-7-15-20-21-16(25-15)13-5-4-10-18-12-13/h1,4-5,10,12H,3,6-9,11H2,(H,19,24). The molecule has 128 valence electrons. The Bertz CT molecular complexity index is 787. The Labute approximate surface area is 145 Å². The minimum Gasteiger partial charge on any atom is -0.421 e. The van der Waals surface area contributed by atoms with Crippen LogP contribution in [-0.4, -0.2) is 33.3 Å². The molecule has 0 atom stereocenters. The molecule has 0 spiro atoms. The molecule has 1 aliphatic heterocycles. The summed E-state index contributed by atoms with van der Waals surface area (Å²) < 4.78 is 5.54. The summed E-state index contributed by atoms with van der Waals surface area (Å²) >= 11 is 0. The molecule has 1 amide bonds. The van der Waals surface area contributed by atoms with Gasteiger partial charge < -0.3 is 9.73 Å². The Balaban J connectivity index is 1.38. The molecule has 0 fully saturated rings. The van der Waals surface area contributed by atoms with Crippen molar-refractivity contribution >= 4 is 5.91 Å². The summed E-state index contributed by atoms with van der Waals surface area (Å²) in [6.07, 6.45) is 11.3. The van der Waals surface area contributed by atoms with E-state index in [0.29, 0.717) is 37.6 Å². The SMILES string of the molecule is C#CCCC1(CCNC(=O)CCc2nnc(-c3cccnc3)o2)N=N1. The molecule has 2 aromatic rings. The van der Waals surface area contributed by atoms with Gasteiger partial charge in [-0.2, -0.15) is 10.2 Å². The highest BCUT2D eigenvalue weighted by Crippen LogP contribution is 2.35. The Morgan fingerprint density at radius 3 is 2.92 bits per heavy atom. The molecule has 3 heterocycles. The Morgan fingerprint density at radius 1 is 1.32 bits per heavy atom. The molecule has 0 unspecified atom stereocenters. The number of hydrogen-bond acceptors (Lipinski definition) is 7. The van der Waals surface area contributed by atoms with Crippen LogP contribution in [0.5, 0.6) is 0 Å². The maximum Gasteiger partial charge on any atom is 0.249 e. The van der Waals surface area contributed by atoms with Crippen molar-refractivity contribution in [2.75, 3.05) is 6.54 Å². The number of carbonyl (C=O) groups excluding carboxylic acids is 1. The van der Waals surface area contributed by atoms with Crippen LogP contribution in [0.25, 0.3) is 11.5 Å². The van der Waals surface area contributed by atoms with Gasteiger partial charge in [0.25, 0.3) is 0 Å². The van der Waals surface area contributed by atoms with Crippen molar-refractivity contribution in [2.45, 2.75) is 37.8 Å². The summed E-state index contributed by atoms with van der Waals surface area (Å²) in [6, 6.07) is 3.63. The number of aromatic nitrogens is 3. The molecular weight excluding hydrogens is 320 g/mol. The van der Waals surface area contributed by atoms with E-state index in [1.807, 2.05) is 6.07 Å². The molecule has 0 radical (unpaired) electrons. The zero-order valence-corrected chi connectivity index (χ0v) is 13.7. The number of nitrogens with zero attached hydrogens (tertiary/aromatic N) is 5. The number of rotatable bonds is 9. The third kappa shape index (κ3) is 4.70. The lowest BCUT2D eigenvalue weighted by molar-refractivity contribution is -0.121. The molecule has 2 aromatic heterocycles. The third-order valence-corrected chi connectivity index (χ3v) is 3.84. The Morgan fingerprint density at radius 2 is 2.20 bits per heavy atom. The van der Waals surface area contributed by atoms with Crippen molar-refractivity contribution in [3.05, 3.63) is 30.4 Å². The van der Waals surface area contributed by atoms with E-state index in [2.05, 4.69) is 36.6 Å². The van der Waals surface area contributed by atoms with Crippen LogP contribution >= 0.6 is 0 Å². The highest BCUT2D eigenvalue weighted by molar-refractivity contribution is 5.76. The quantitative estimate of drug-likeness (QED) is 0.705. The second-order valence-electron chi connectivity index (χ2n) is 5.73. The normalized spacial score (nSPS) is 14.0. The first-order valence-corrected chi connectivity index (χ1v) is 8.08. The maximum absolute atomic E-state index is 11.9. The smallest absolute Gasteiger partial charge is 0.249 e. The largest absolute Gasteiger partial charge is 0.421 e. The maximum atomic E-state index is 11.9. The second kappa shape index (κ2) is 7.66. The fraction of sp³-hybridized carbons (Fsp3) is 0.412. The molecule has 8 nitrogen and oxygen atoms in total. The lowest BCUT2D eigenvalue weighted by atomic mass is 10.0. The van der Waals surface area contributed by atoms with Crippen molar-refractivity contribution in [3.63, 3.8) is 0 Å². The zero-order chi connectivity index (χ0) is 17.5. The predicted molar refractivity (Wildman–Crippen MR) is 89.1 cm³/mol. The fourth-order valence-corrected chi connectivity index (χ4v) is 2.34. The Kier molecular flexibility index (Phi) is 5.14. The van der Waals surface area contributed by atoms with E-state index in [1.165, 1.54) is 0 Å². The van der Waals surface area contributed by atoms with Gasteiger partial charge in [-0.05, 0) is 12.1 Å². The number of amides is 1. The molecule has 0 aromatic carbocycles. The summed E-state index contributed by atoms with van der Waals surface area (Å²) in [4.78, 5) is 15.9. The number of terminal acetylenes is 1. The lowest BCUT2D eigenvalue weighted by Crippen LogP contribution is -2.28. The highest BCUT2D eigenvalue weighted by atomic mass is 16.4. The first-order valence-electron chi connectivity index (χ1n) is 8.08. The van der Waals surface area contributed by atoms with Gasteiger partial charge in [-0.3, -0.25) is 9.78 Å². The molecule has 1 N–H and O–H groups in total. The van der Waals surface area contributed by atoms with Crippen molar-refractivity contribution in [1.29, 1.82) is 0 Å². The average Bonchev–Trinajstić information content (AvgIpc) is 3.24. The molecule has 8 heteroatoms. The summed E-state index contributed by atoms with van der Waals surface area (Å²) in [7, 11) is 0. The molecular formula is C17H18N6O2. The number of aryl methyl sites for hydroxylation is 1. The average molecular weight is 338 g/mol.